The Labute approximate surface area is 98.8 Å². The van der Waals surface area contributed by atoms with Crippen molar-refractivity contribution >= 4 is 11.7 Å². The number of aryl methyl sites for hydroxylation is 2. The molecule has 0 radical (unpaired) electrons. The van der Waals surface area contributed by atoms with Crippen LogP contribution >= 0.6 is 11.7 Å². The van der Waals surface area contributed by atoms with E-state index >= 15 is 0 Å². The second-order valence-electron chi connectivity index (χ2n) is 3.73. The van der Waals surface area contributed by atoms with Crippen LogP contribution in [0.5, 0.6) is 0 Å². The molecule has 0 saturated heterocycles. The van der Waals surface area contributed by atoms with Gasteiger partial charge in [-0.2, -0.15) is 13.8 Å². The molecule has 0 aliphatic heterocycles. The third-order valence-corrected chi connectivity index (χ3v) is 3.06. The number of hydrogen-bond acceptors (Lipinski definition) is 5. The molecule has 0 saturated carbocycles. The number of rotatable bonds is 5. The van der Waals surface area contributed by atoms with Gasteiger partial charge in [-0.3, -0.25) is 4.68 Å². The monoisotopic (exact) mass is 237 g/mol. The van der Waals surface area contributed by atoms with Gasteiger partial charge in [-0.05, 0) is 25.5 Å². The molecule has 0 aromatic carbocycles. The van der Waals surface area contributed by atoms with Gasteiger partial charge in [0.05, 0.1) is 35.9 Å². The van der Waals surface area contributed by atoms with Crippen molar-refractivity contribution in [2.45, 2.75) is 18.9 Å². The van der Waals surface area contributed by atoms with Crippen LogP contribution in [0.1, 0.15) is 23.7 Å². The maximum absolute atomic E-state index is 4.25. The highest BCUT2D eigenvalue weighted by Gasteiger charge is 2.12. The average molecular weight is 237 g/mol. The normalized spacial score (nSPS) is 12.9. The van der Waals surface area contributed by atoms with E-state index < -0.39 is 0 Å². The SMILES string of the molecule is CNC(CCc1cnn(C)c1)c1cnsn1. The number of hydrogen-bond donors (Lipinski definition) is 1. The van der Waals surface area contributed by atoms with Crippen molar-refractivity contribution in [3.8, 4) is 0 Å². The van der Waals surface area contributed by atoms with Crippen LogP contribution in [0.25, 0.3) is 0 Å². The molecule has 0 fully saturated rings. The minimum absolute atomic E-state index is 0.277. The van der Waals surface area contributed by atoms with Crippen LogP contribution in [0.4, 0.5) is 0 Å². The first kappa shape index (κ1) is 11.2. The Balaban J connectivity index is 1.93. The fraction of sp³-hybridized carbons (Fsp3) is 0.500. The summed E-state index contributed by atoms with van der Waals surface area (Å²) >= 11 is 1.25. The van der Waals surface area contributed by atoms with Crippen LogP contribution < -0.4 is 5.32 Å². The topological polar surface area (TPSA) is 55.6 Å². The van der Waals surface area contributed by atoms with Gasteiger partial charge in [0.1, 0.15) is 0 Å². The molecule has 0 amide bonds. The average Bonchev–Trinajstić information content (AvgIpc) is 2.91. The molecule has 86 valence electrons. The third-order valence-electron chi connectivity index (χ3n) is 2.56. The van der Waals surface area contributed by atoms with Gasteiger partial charge < -0.3 is 5.32 Å². The summed E-state index contributed by atoms with van der Waals surface area (Å²) in [4.78, 5) is 0. The number of nitrogens with zero attached hydrogens (tertiary/aromatic N) is 4. The molecular weight excluding hydrogens is 222 g/mol. The summed E-state index contributed by atoms with van der Waals surface area (Å²) in [6.45, 7) is 0. The molecule has 2 aromatic rings. The maximum atomic E-state index is 4.25. The van der Waals surface area contributed by atoms with Crippen LogP contribution in [0, 0.1) is 0 Å². The molecule has 2 aromatic heterocycles. The fourth-order valence-electron chi connectivity index (χ4n) is 1.68. The Kier molecular flexibility index (Phi) is 3.63. The Morgan fingerprint density at radius 1 is 1.50 bits per heavy atom. The lowest BCUT2D eigenvalue weighted by Gasteiger charge is -2.11. The summed E-state index contributed by atoms with van der Waals surface area (Å²) in [5, 5.41) is 7.41. The van der Waals surface area contributed by atoms with Gasteiger partial charge in [-0.25, -0.2) is 0 Å². The Hall–Kier alpha value is -1.27. The van der Waals surface area contributed by atoms with Gasteiger partial charge in [0.25, 0.3) is 0 Å². The Bertz CT molecular complexity index is 422. The minimum Gasteiger partial charge on any atom is -0.312 e. The first-order chi connectivity index (χ1) is 7.79. The van der Waals surface area contributed by atoms with Crippen molar-refractivity contribution in [3.05, 3.63) is 29.8 Å². The molecule has 0 spiro atoms. The van der Waals surface area contributed by atoms with Crippen molar-refractivity contribution in [3.63, 3.8) is 0 Å². The van der Waals surface area contributed by atoms with E-state index in [9.17, 15) is 0 Å². The molecule has 0 aliphatic carbocycles. The molecule has 1 unspecified atom stereocenters. The van der Waals surface area contributed by atoms with E-state index in [1.807, 2.05) is 37.4 Å². The number of aromatic nitrogens is 4. The van der Waals surface area contributed by atoms with Gasteiger partial charge in [0, 0.05) is 13.2 Å². The Morgan fingerprint density at radius 2 is 2.38 bits per heavy atom. The first-order valence-corrected chi connectivity index (χ1v) is 5.95. The summed E-state index contributed by atoms with van der Waals surface area (Å²) in [6, 6.07) is 0.277. The van der Waals surface area contributed by atoms with Gasteiger partial charge in [-0.1, -0.05) is 0 Å². The van der Waals surface area contributed by atoms with E-state index in [4.69, 9.17) is 0 Å². The zero-order chi connectivity index (χ0) is 11.4. The number of nitrogens with one attached hydrogen (secondary N) is 1. The molecule has 2 rings (SSSR count). The standard InChI is InChI=1S/C10H15N5S/c1-11-9(10-6-13-16-14-10)4-3-8-5-12-15(2)7-8/h5-7,9,11H,3-4H2,1-2H3. The highest BCUT2D eigenvalue weighted by molar-refractivity contribution is 6.99. The van der Waals surface area contributed by atoms with E-state index in [-0.39, 0.29) is 6.04 Å². The Morgan fingerprint density at radius 3 is 2.94 bits per heavy atom. The summed E-state index contributed by atoms with van der Waals surface area (Å²) in [7, 11) is 3.89. The first-order valence-electron chi connectivity index (χ1n) is 5.22. The molecule has 0 aliphatic rings. The van der Waals surface area contributed by atoms with E-state index in [1.165, 1.54) is 17.3 Å². The van der Waals surface area contributed by atoms with Gasteiger partial charge in [-0.15, -0.1) is 0 Å². The molecule has 1 atom stereocenters. The lowest BCUT2D eigenvalue weighted by molar-refractivity contribution is 0.539. The van der Waals surface area contributed by atoms with E-state index in [0.29, 0.717) is 0 Å². The van der Waals surface area contributed by atoms with E-state index in [0.717, 1.165) is 18.5 Å². The summed E-state index contributed by atoms with van der Waals surface area (Å²) in [6.07, 6.45) is 7.79. The lowest BCUT2D eigenvalue weighted by atomic mass is 10.1. The van der Waals surface area contributed by atoms with Crippen LogP contribution in [0.2, 0.25) is 0 Å². The minimum atomic E-state index is 0.277. The van der Waals surface area contributed by atoms with Gasteiger partial charge in [0.2, 0.25) is 0 Å². The van der Waals surface area contributed by atoms with E-state index in [2.05, 4.69) is 19.2 Å². The summed E-state index contributed by atoms with van der Waals surface area (Å²) in [5.41, 5.74) is 2.28. The maximum Gasteiger partial charge on any atom is 0.0912 e. The second-order valence-corrected chi connectivity index (χ2v) is 4.29. The van der Waals surface area contributed by atoms with Gasteiger partial charge in [0.15, 0.2) is 0 Å². The fourth-order valence-corrected chi connectivity index (χ4v) is 2.15. The van der Waals surface area contributed by atoms with Crippen LogP contribution in [0.15, 0.2) is 18.6 Å². The predicted molar refractivity (Wildman–Crippen MR) is 63.2 cm³/mol. The van der Waals surface area contributed by atoms with Crippen molar-refractivity contribution in [2.24, 2.45) is 7.05 Å². The molecular formula is C10H15N5S. The quantitative estimate of drug-likeness (QED) is 0.848. The predicted octanol–water partition coefficient (Wildman–Crippen LogP) is 1.16. The molecule has 1 N–H and O–H groups in total. The zero-order valence-electron chi connectivity index (χ0n) is 9.42. The molecule has 0 bridgehead atoms. The largest absolute Gasteiger partial charge is 0.312 e. The van der Waals surface area contributed by atoms with Crippen molar-refractivity contribution in [1.82, 2.24) is 23.8 Å². The van der Waals surface area contributed by atoms with Crippen molar-refractivity contribution in [2.75, 3.05) is 7.05 Å². The van der Waals surface area contributed by atoms with Crippen LogP contribution in [-0.2, 0) is 13.5 Å². The summed E-state index contributed by atoms with van der Waals surface area (Å²) < 4.78 is 10.1. The molecule has 2 heterocycles. The zero-order valence-corrected chi connectivity index (χ0v) is 10.2. The highest BCUT2D eigenvalue weighted by atomic mass is 32.1. The second kappa shape index (κ2) is 5.18. The summed E-state index contributed by atoms with van der Waals surface area (Å²) in [5.74, 6) is 0. The van der Waals surface area contributed by atoms with Crippen molar-refractivity contribution < 1.29 is 0 Å². The van der Waals surface area contributed by atoms with Crippen molar-refractivity contribution in [1.29, 1.82) is 0 Å². The lowest BCUT2D eigenvalue weighted by Crippen LogP contribution is -2.17. The van der Waals surface area contributed by atoms with Crippen LogP contribution in [0.3, 0.4) is 0 Å². The molecule has 6 heteroatoms. The van der Waals surface area contributed by atoms with E-state index in [1.54, 1.807) is 0 Å². The highest BCUT2D eigenvalue weighted by Crippen LogP contribution is 2.16. The molecule has 5 nitrogen and oxygen atoms in total. The third kappa shape index (κ3) is 2.65. The smallest absolute Gasteiger partial charge is 0.0912 e. The van der Waals surface area contributed by atoms with Crippen LogP contribution in [-0.4, -0.2) is 25.6 Å². The van der Waals surface area contributed by atoms with Gasteiger partial charge >= 0.3 is 0 Å². The molecule has 16 heavy (non-hydrogen) atoms.